The van der Waals surface area contributed by atoms with Crippen molar-refractivity contribution in [2.75, 3.05) is 5.43 Å². The molecule has 0 aliphatic heterocycles. The number of benzene rings is 2. The van der Waals surface area contributed by atoms with Crippen LogP contribution in [0.5, 0.6) is 5.75 Å². The summed E-state index contributed by atoms with van der Waals surface area (Å²) in [7, 11) is 0. The molecular weight excluding hydrogens is 280 g/mol. The summed E-state index contributed by atoms with van der Waals surface area (Å²) < 4.78 is 5.07. The molecule has 6 heteroatoms. The number of hydrogen-bond acceptors (Lipinski definition) is 6. The Kier molecular flexibility index (Phi) is 3.67. The lowest BCUT2D eigenvalue weighted by atomic mass is 10.2. The molecule has 0 bridgehead atoms. The van der Waals surface area contributed by atoms with Crippen LogP contribution in [0.1, 0.15) is 6.92 Å². The van der Waals surface area contributed by atoms with Gasteiger partial charge in [0.2, 0.25) is 0 Å². The van der Waals surface area contributed by atoms with Gasteiger partial charge in [0, 0.05) is 17.9 Å². The smallest absolute Gasteiger partial charge is 0.308 e. The molecule has 2 aromatic carbocycles. The molecule has 0 unspecified atom stereocenters. The quantitative estimate of drug-likeness (QED) is 0.334. The molecule has 3 aromatic rings. The van der Waals surface area contributed by atoms with Crippen molar-refractivity contribution >= 4 is 22.7 Å². The van der Waals surface area contributed by atoms with E-state index in [0.717, 1.165) is 5.56 Å². The van der Waals surface area contributed by atoms with Crippen LogP contribution in [0, 0.1) is 0 Å². The first-order valence-corrected chi connectivity index (χ1v) is 6.69. The van der Waals surface area contributed by atoms with Gasteiger partial charge >= 0.3 is 5.97 Å². The van der Waals surface area contributed by atoms with Crippen LogP contribution < -0.4 is 16.0 Å². The minimum atomic E-state index is -0.386. The number of carbonyl (C=O) groups excluding carboxylic acids is 1. The van der Waals surface area contributed by atoms with Gasteiger partial charge in [0.1, 0.15) is 5.75 Å². The third-order valence-corrected chi connectivity index (χ3v) is 3.10. The van der Waals surface area contributed by atoms with Crippen molar-refractivity contribution in [3.05, 3.63) is 48.5 Å². The number of hydrogen-bond donors (Lipinski definition) is 2. The van der Waals surface area contributed by atoms with Crippen LogP contribution in [0.15, 0.2) is 48.5 Å². The maximum Gasteiger partial charge on any atom is 0.308 e. The van der Waals surface area contributed by atoms with Gasteiger partial charge in [-0.1, -0.05) is 30.3 Å². The van der Waals surface area contributed by atoms with Crippen molar-refractivity contribution in [2.24, 2.45) is 5.84 Å². The topological polar surface area (TPSA) is 90.1 Å². The minimum absolute atomic E-state index is 0.386. The molecule has 0 spiro atoms. The number of rotatable bonds is 3. The first-order chi connectivity index (χ1) is 10.7. The first kappa shape index (κ1) is 14.0. The highest BCUT2D eigenvalue weighted by Crippen LogP contribution is 2.27. The molecule has 1 heterocycles. The van der Waals surface area contributed by atoms with Crippen LogP contribution in [-0.2, 0) is 4.79 Å². The lowest BCUT2D eigenvalue weighted by molar-refractivity contribution is -0.131. The molecule has 0 atom stereocenters. The zero-order valence-corrected chi connectivity index (χ0v) is 11.9. The van der Waals surface area contributed by atoms with Crippen molar-refractivity contribution < 1.29 is 9.53 Å². The van der Waals surface area contributed by atoms with Crippen molar-refractivity contribution in [1.82, 2.24) is 9.97 Å². The molecule has 1 aromatic heterocycles. The number of nitrogen functional groups attached to an aromatic ring is 1. The fraction of sp³-hybridized carbons (Fsp3) is 0.0625. The fourth-order valence-corrected chi connectivity index (χ4v) is 2.16. The number of anilines is 1. The number of carbonyl (C=O) groups is 1. The third-order valence-electron chi connectivity index (χ3n) is 3.10. The summed E-state index contributed by atoms with van der Waals surface area (Å²) >= 11 is 0. The highest BCUT2D eigenvalue weighted by Gasteiger charge is 2.10. The van der Waals surface area contributed by atoms with Crippen LogP contribution in [-0.4, -0.2) is 15.9 Å². The molecule has 0 radical (unpaired) electrons. The van der Waals surface area contributed by atoms with Gasteiger partial charge in [-0.15, -0.1) is 0 Å². The summed E-state index contributed by atoms with van der Waals surface area (Å²) in [6.07, 6.45) is 0. The summed E-state index contributed by atoms with van der Waals surface area (Å²) in [5.74, 6) is 6.65. The Morgan fingerprint density at radius 2 is 1.91 bits per heavy atom. The largest absolute Gasteiger partial charge is 0.427 e. The molecule has 0 aliphatic carbocycles. The predicted molar refractivity (Wildman–Crippen MR) is 84.1 cm³/mol. The molecule has 22 heavy (non-hydrogen) atoms. The summed E-state index contributed by atoms with van der Waals surface area (Å²) in [5.41, 5.74) is 4.17. The summed E-state index contributed by atoms with van der Waals surface area (Å²) in [4.78, 5) is 20.0. The number of aromatic nitrogens is 2. The zero-order chi connectivity index (χ0) is 15.5. The van der Waals surface area contributed by atoms with Crippen molar-refractivity contribution in [3.8, 4) is 17.1 Å². The molecule has 3 rings (SSSR count). The van der Waals surface area contributed by atoms with Crippen molar-refractivity contribution in [3.63, 3.8) is 0 Å². The molecule has 6 nitrogen and oxygen atoms in total. The van der Waals surface area contributed by atoms with E-state index >= 15 is 0 Å². The Bertz CT molecular complexity index is 834. The van der Waals surface area contributed by atoms with Gasteiger partial charge in [-0.05, 0) is 18.2 Å². The van der Waals surface area contributed by atoms with E-state index in [-0.39, 0.29) is 5.97 Å². The molecule has 0 aliphatic rings. The van der Waals surface area contributed by atoms with E-state index in [2.05, 4.69) is 15.4 Å². The van der Waals surface area contributed by atoms with E-state index in [9.17, 15) is 4.79 Å². The van der Waals surface area contributed by atoms with E-state index in [1.807, 2.05) is 30.3 Å². The van der Waals surface area contributed by atoms with Crippen LogP contribution in [0.3, 0.4) is 0 Å². The number of nitrogens with one attached hydrogen (secondary N) is 1. The number of ether oxygens (including phenoxy) is 1. The molecule has 0 fully saturated rings. The highest BCUT2D eigenvalue weighted by molar-refractivity contribution is 5.92. The lowest BCUT2D eigenvalue weighted by Gasteiger charge is -2.09. The average molecular weight is 294 g/mol. The monoisotopic (exact) mass is 294 g/mol. The highest BCUT2D eigenvalue weighted by atomic mass is 16.5. The predicted octanol–water partition coefficient (Wildman–Crippen LogP) is 2.51. The third kappa shape index (κ3) is 2.72. The molecule has 3 N–H and O–H groups in total. The Labute approximate surface area is 126 Å². The summed E-state index contributed by atoms with van der Waals surface area (Å²) in [5, 5.41) is 0.681. The first-order valence-electron chi connectivity index (χ1n) is 6.69. The summed E-state index contributed by atoms with van der Waals surface area (Å²) in [6, 6.07) is 14.8. The van der Waals surface area contributed by atoms with E-state index in [1.54, 1.807) is 18.2 Å². The lowest BCUT2D eigenvalue weighted by Crippen LogP contribution is -2.10. The Morgan fingerprint density at radius 1 is 1.14 bits per heavy atom. The second-order valence-corrected chi connectivity index (χ2v) is 4.68. The maximum atomic E-state index is 11.0. The van der Waals surface area contributed by atoms with Crippen LogP contribution in [0.25, 0.3) is 22.3 Å². The SMILES string of the molecule is CC(=O)Oc1ccc2nc(-c3ccccc3)nc(NN)c2c1. The molecule has 110 valence electrons. The normalized spacial score (nSPS) is 10.5. The Balaban J connectivity index is 2.15. The van der Waals surface area contributed by atoms with Crippen LogP contribution in [0.4, 0.5) is 5.82 Å². The number of esters is 1. The molecule has 0 amide bonds. The van der Waals surface area contributed by atoms with E-state index in [1.165, 1.54) is 6.92 Å². The van der Waals surface area contributed by atoms with Crippen molar-refractivity contribution in [2.45, 2.75) is 6.92 Å². The summed E-state index contributed by atoms with van der Waals surface area (Å²) in [6.45, 7) is 1.35. The van der Waals surface area contributed by atoms with Gasteiger partial charge in [-0.3, -0.25) is 4.79 Å². The number of nitrogens with two attached hydrogens (primary N) is 1. The van der Waals surface area contributed by atoms with Gasteiger partial charge in [0.25, 0.3) is 0 Å². The van der Waals surface area contributed by atoms with E-state index < -0.39 is 0 Å². The molecule has 0 saturated heterocycles. The van der Waals surface area contributed by atoms with Gasteiger partial charge in [-0.25, -0.2) is 15.8 Å². The molecular formula is C16H14N4O2. The zero-order valence-electron chi connectivity index (χ0n) is 11.9. The second kappa shape index (κ2) is 5.79. The van der Waals surface area contributed by atoms with Gasteiger partial charge < -0.3 is 10.2 Å². The van der Waals surface area contributed by atoms with Crippen LogP contribution >= 0.6 is 0 Å². The Morgan fingerprint density at radius 3 is 2.59 bits per heavy atom. The second-order valence-electron chi connectivity index (χ2n) is 4.68. The van der Waals surface area contributed by atoms with E-state index in [4.69, 9.17) is 10.6 Å². The van der Waals surface area contributed by atoms with E-state index in [0.29, 0.717) is 28.3 Å². The number of hydrazine groups is 1. The number of fused-ring (bicyclic) bond motifs is 1. The standard InChI is InChI=1S/C16H14N4O2/c1-10(21)22-12-7-8-14-13(9-12)16(20-17)19-15(18-14)11-5-3-2-4-6-11/h2-9H,17H2,1H3,(H,18,19,20). The van der Waals surface area contributed by atoms with Crippen molar-refractivity contribution in [1.29, 1.82) is 0 Å². The van der Waals surface area contributed by atoms with Gasteiger partial charge in [-0.2, -0.15) is 0 Å². The van der Waals surface area contributed by atoms with Gasteiger partial charge in [0.15, 0.2) is 11.6 Å². The maximum absolute atomic E-state index is 11.0. The number of nitrogens with zero attached hydrogens (tertiary/aromatic N) is 2. The molecule has 0 saturated carbocycles. The van der Waals surface area contributed by atoms with Gasteiger partial charge in [0.05, 0.1) is 5.52 Å². The minimum Gasteiger partial charge on any atom is -0.427 e. The Hall–Kier alpha value is -2.99. The van der Waals surface area contributed by atoms with Crippen LogP contribution in [0.2, 0.25) is 0 Å². The fourth-order valence-electron chi connectivity index (χ4n) is 2.16. The average Bonchev–Trinajstić information content (AvgIpc) is 2.54.